The number of hydrogen-bond donors (Lipinski definition) is 3. The number of Topliss-reactive ketones (excluding diaryl/α,β-unsaturated/α-hetero) is 1. The van der Waals surface area contributed by atoms with Gasteiger partial charge >= 0.3 is 12.0 Å². The quantitative estimate of drug-likeness (QED) is 0.338. The number of ketones is 1. The lowest BCUT2D eigenvalue weighted by Gasteiger charge is -2.27. The van der Waals surface area contributed by atoms with Gasteiger partial charge < -0.3 is 15.7 Å². The van der Waals surface area contributed by atoms with Crippen molar-refractivity contribution >= 4 is 29.2 Å². The van der Waals surface area contributed by atoms with E-state index in [9.17, 15) is 19.5 Å². The lowest BCUT2D eigenvalue weighted by molar-refractivity contribution is -0.144. The third-order valence-electron chi connectivity index (χ3n) is 6.69. The summed E-state index contributed by atoms with van der Waals surface area (Å²) >= 11 is 0. The topological polar surface area (TPSA) is 95.5 Å². The first-order chi connectivity index (χ1) is 16.9. The maximum atomic E-state index is 13.0. The fourth-order valence-electron chi connectivity index (χ4n) is 4.64. The van der Waals surface area contributed by atoms with Crippen LogP contribution in [0.25, 0.3) is 11.1 Å². The maximum absolute atomic E-state index is 13.0. The van der Waals surface area contributed by atoms with Crippen LogP contribution in [0.1, 0.15) is 48.5 Å². The molecular weight excluding hydrogens is 440 g/mol. The van der Waals surface area contributed by atoms with Crippen molar-refractivity contribution < 1.29 is 19.5 Å². The molecule has 3 N–H and O–H groups in total. The molecule has 0 heterocycles. The molecule has 2 unspecified atom stereocenters. The van der Waals surface area contributed by atoms with Gasteiger partial charge in [0.1, 0.15) is 0 Å². The molecule has 1 fully saturated rings. The van der Waals surface area contributed by atoms with Gasteiger partial charge in [-0.15, -0.1) is 0 Å². The molecule has 0 radical (unpaired) electrons. The summed E-state index contributed by atoms with van der Waals surface area (Å²) in [5.41, 5.74) is 5.04. The van der Waals surface area contributed by atoms with Crippen LogP contribution in [0.3, 0.4) is 0 Å². The predicted molar refractivity (Wildman–Crippen MR) is 138 cm³/mol. The fourth-order valence-corrected chi connectivity index (χ4v) is 4.64. The molecule has 0 aromatic heterocycles. The van der Waals surface area contributed by atoms with Gasteiger partial charge in [-0.25, -0.2) is 4.79 Å². The summed E-state index contributed by atoms with van der Waals surface area (Å²) in [5, 5.41) is 15.1. The minimum Gasteiger partial charge on any atom is -0.481 e. The van der Waals surface area contributed by atoms with E-state index in [1.165, 1.54) is 5.56 Å². The number of carbonyl (C=O) groups excluding carboxylic acids is 2. The Morgan fingerprint density at radius 3 is 1.74 bits per heavy atom. The zero-order chi connectivity index (χ0) is 24.8. The number of urea groups is 1. The SMILES string of the molecule is CCc1ccc(NC(=O)Nc2ccc(-c3ccc(C(=O)C4CCCCC4C(=O)O)cc3)cc2)cc1. The standard InChI is InChI=1S/C29H30N2O4/c1-2-19-7-15-23(16-8-19)30-29(35)31-24-17-13-21(14-18-24)20-9-11-22(12-10-20)27(32)25-5-3-4-6-26(25)28(33)34/h7-18,25-26H,2-6H2,1H3,(H,33,34)(H2,30,31,35). The van der Waals surface area contributed by atoms with E-state index in [2.05, 4.69) is 17.6 Å². The monoisotopic (exact) mass is 470 g/mol. The number of rotatable bonds is 7. The lowest BCUT2D eigenvalue weighted by Crippen LogP contribution is -2.32. The van der Waals surface area contributed by atoms with Crippen LogP contribution in [0.5, 0.6) is 0 Å². The second kappa shape index (κ2) is 11.0. The minimum atomic E-state index is -0.878. The number of benzene rings is 3. The molecule has 2 atom stereocenters. The highest BCUT2D eigenvalue weighted by atomic mass is 16.4. The second-order valence-electron chi connectivity index (χ2n) is 8.98. The number of anilines is 2. The Bertz CT molecular complexity index is 1180. The van der Waals surface area contributed by atoms with Crippen molar-refractivity contribution in [1.29, 1.82) is 0 Å². The molecular formula is C29H30N2O4. The Kier molecular flexibility index (Phi) is 7.60. The average molecular weight is 471 g/mol. The van der Waals surface area contributed by atoms with Crippen LogP contribution in [0.15, 0.2) is 72.8 Å². The van der Waals surface area contributed by atoms with Crippen LogP contribution < -0.4 is 10.6 Å². The number of aryl methyl sites for hydroxylation is 1. The van der Waals surface area contributed by atoms with Crippen molar-refractivity contribution in [2.45, 2.75) is 39.0 Å². The predicted octanol–water partition coefficient (Wildman–Crippen LogP) is 6.63. The van der Waals surface area contributed by atoms with Crippen molar-refractivity contribution in [3.8, 4) is 11.1 Å². The summed E-state index contributed by atoms with van der Waals surface area (Å²) in [7, 11) is 0. The largest absolute Gasteiger partial charge is 0.481 e. The van der Waals surface area contributed by atoms with E-state index < -0.39 is 17.8 Å². The Balaban J connectivity index is 1.37. The Labute approximate surface area is 205 Å². The van der Waals surface area contributed by atoms with E-state index in [0.717, 1.165) is 36.1 Å². The Morgan fingerprint density at radius 2 is 1.23 bits per heavy atom. The minimum absolute atomic E-state index is 0.0847. The normalized spacial score (nSPS) is 17.4. The van der Waals surface area contributed by atoms with E-state index >= 15 is 0 Å². The molecule has 0 bridgehead atoms. The number of nitrogens with one attached hydrogen (secondary N) is 2. The van der Waals surface area contributed by atoms with E-state index in [1.54, 1.807) is 12.1 Å². The second-order valence-corrected chi connectivity index (χ2v) is 8.98. The molecule has 4 rings (SSSR count). The molecule has 6 nitrogen and oxygen atoms in total. The lowest BCUT2D eigenvalue weighted by atomic mass is 9.75. The number of amides is 2. The van der Waals surface area contributed by atoms with Gasteiger partial charge in [0.15, 0.2) is 5.78 Å². The highest BCUT2D eigenvalue weighted by Crippen LogP contribution is 2.33. The molecule has 180 valence electrons. The molecule has 0 aliphatic heterocycles. The van der Waals surface area contributed by atoms with Crippen molar-refractivity contribution in [2.75, 3.05) is 10.6 Å². The molecule has 0 spiro atoms. The third-order valence-corrected chi connectivity index (χ3v) is 6.69. The van der Waals surface area contributed by atoms with Crippen LogP contribution in [0.2, 0.25) is 0 Å². The summed E-state index contributed by atoms with van der Waals surface area (Å²) in [6.45, 7) is 2.08. The molecule has 35 heavy (non-hydrogen) atoms. The molecule has 2 amide bonds. The first-order valence-electron chi connectivity index (χ1n) is 12.1. The highest BCUT2D eigenvalue weighted by Gasteiger charge is 2.35. The number of carboxylic acid groups (broad SMARTS) is 1. The molecule has 1 aliphatic carbocycles. The fraction of sp³-hybridized carbons (Fsp3) is 0.276. The summed E-state index contributed by atoms with van der Waals surface area (Å²) in [4.78, 5) is 36.8. The van der Waals surface area contributed by atoms with Gasteiger partial charge in [-0.2, -0.15) is 0 Å². The first-order valence-corrected chi connectivity index (χ1v) is 12.1. The number of carbonyl (C=O) groups is 3. The number of carboxylic acids is 1. The summed E-state index contributed by atoms with van der Waals surface area (Å²) < 4.78 is 0. The van der Waals surface area contributed by atoms with Crippen LogP contribution in [0.4, 0.5) is 16.2 Å². The molecule has 3 aromatic rings. The van der Waals surface area contributed by atoms with Gasteiger partial charge in [0.2, 0.25) is 0 Å². The molecule has 1 aliphatic rings. The van der Waals surface area contributed by atoms with Crippen molar-refractivity contribution in [1.82, 2.24) is 0 Å². The molecule has 0 saturated heterocycles. The van der Waals surface area contributed by atoms with Crippen LogP contribution in [-0.4, -0.2) is 22.9 Å². The van der Waals surface area contributed by atoms with Crippen LogP contribution >= 0.6 is 0 Å². The van der Waals surface area contributed by atoms with Gasteiger partial charge in [-0.05, 0) is 60.2 Å². The summed E-state index contributed by atoms with van der Waals surface area (Å²) in [6, 6.07) is 22.2. The van der Waals surface area contributed by atoms with E-state index in [4.69, 9.17) is 0 Å². The van der Waals surface area contributed by atoms with E-state index in [0.29, 0.717) is 24.1 Å². The summed E-state index contributed by atoms with van der Waals surface area (Å²) in [6.07, 6.45) is 3.89. The van der Waals surface area contributed by atoms with E-state index in [1.807, 2.05) is 60.7 Å². The smallest absolute Gasteiger partial charge is 0.323 e. The van der Waals surface area contributed by atoms with E-state index in [-0.39, 0.29) is 11.8 Å². The number of aliphatic carboxylic acids is 1. The van der Waals surface area contributed by atoms with Gasteiger partial charge in [0.25, 0.3) is 0 Å². The third kappa shape index (κ3) is 5.96. The van der Waals surface area contributed by atoms with Crippen molar-refractivity contribution in [2.24, 2.45) is 11.8 Å². The number of hydrogen-bond acceptors (Lipinski definition) is 3. The maximum Gasteiger partial charge on any atom is 0.323 e. The first kappa shape index (κ1) is 24.2. The van der Waals surface area contributed by atoms with Gasteiger partial charge in [0.05, 0.1) is 5.92 Å². The van der Waals surface area contributed by atoms with Gasteiger partial charge in [-0.1, -0.05) is 68.3 Å². The van der Waals surface area contributed by atoms with Crippen molar-refractivity contribution in [3.05, 3.63) is 83.9 Å². The zero-order valence-electron chi connectivity index (χ0n) is 19.8. The van der Waals surface area contributed by atoms with Crippen LogP contribution in [0, 0.1) is 11.8 Å². The Hall–Kier alpha value is -3.93. The van der Waals surface area contributed by atoms with Crippen LogP contribution in [-0.2, 0) is 11.2 Å². The molecule has 3 aromatic carbocycles. The molecule has 1 saturated carbocycles. The molecule has 6 heteroatoms. The zero-order valence-corrected chi connectivity index (χ0v) is 19.8. The average Bonchev–Trinajstić information content (AvgIpc) is 2.89. The van der Waals surface area contributed by atoms with Gasteiger partial charge in [0, 0.05) is 22.9 Å². The highest BCUT2D eigenvalue weighted by molar-refractivity contribution is 6.01. The Morgan fingerprint density at radius 1 is 0.743 bits per heavy atom. The van der Waals surface area contributed by atoms with Crippen molar-refractivity contribution in [3.63, 3.8) is 0 Å². The van der Waals surface area contributed by atoms with Gasteiger partial charge in [-0.3, -0.25) is 9.59 Å². The summed E-state index contributed by atoms with van der Waals surface area (Å²) in [5.74, 6) is -2.01.